The van der Waals surface area contributed by atoms with Gasteiger partial charge in [0, 0.05) is 11.5 Å². The van der Waals surface area contributed by atoms with Crippen molar-refractivity contribution in [3.05, 3.63) is 0 Å². The Balaban J connectivity index is 3.68. The smallest absolute Gasteiger partial charge is 0.322 e. The van der Waals surface area contributed by atoms with Crippen molar-refractivity contribution in [1.29, 1.82) is 0 Å². The van der Waals surface area contributed by atoms with E-state index in [4.69, 9.17) is 21.7 Å². The number of carbonyl (C=O) groups excluding carboxylic acids is 2. The van der Waals surface area contributed by atoms with Crippen LogP contribution in [-0.2, 0) is 19.2 Å². The van der Waals surface area contributed by atoms with Gasteiger partial charge in [-0.25, -0.2) is 0 Å². The van der Waals surface area contributed by atoms with Crippen LogP contribution in [0.15, 0.2) is 0 Å². The molecule has 0 saturated heterocycles. The zero-order valence-corrected chi connectivity index (χ0v) is 14.5. The predicted molar refractivity (Wildman–Crippen MR) is 91.4 cm³/mol. The van der Waals surface area contributed by atoms with Crippen molar-refractivity contribution in [2.24, 2.45) is 11.5 Å². The summed E-state index contributed by atoms with van der Waals surface area (Å²) in [7, 11) is 2.91. The van der Waals surface area contributed by atoms with E-state index in [1.165, 1.54) is 21.6 Å². The Morgan fingerprint density at radius 3 is 1.42 bits per heavy atom. The van der Waals surface area contributed by atoms with Crippen LogP contribution in [0.5, 0.6) is 0 Å². The van der Waals surface area contributed by atoms with Crippen LogP contribution in [0.2, 0.25) is 0 Å². The number of aliphatic carboxylic acids is 2. The summed E-state index contributed by atoms with van der Waals surface area (Å²) in [5.74, 6) is -2.15. The van der Waals surface area contributed by atoms with Crippen molar-refractivity contribution < 1.29 is 29.4 Å². The van der Waals surface area contributed by atoms with Crippen LogP contribution in [0.1, 0.15) is 12.8 Å². The summed E-state index contributed by atoms with van der Waals surface area (Å²) in [5.41, 5.74) is 11.2. The molecule has 0 unspecified atom stereocenters. The van der Waals surface area contributed by atoms with Gasteiger partial charge < -0.3 is 32.3 Å². The Morgan fingerprint density at radius 2 is 1.12 bits per heavy atom. The highest BCUT2D eigenvalue weighted by Gasteiger charge is 2.15. The number of rotatable bonds is 13. The van der Waals surface area contributed by atoms with Gasteiger partial charge in [-0.2, -0.15) is 0 Å². The third kappa shape index (κ3) is 12.0. The first-order valence-electron chi connectivity index (χ1n) is 6.98. The average Bonchev–Trinajstić information content (AvgIpc) is 2.52. The van der Waals surface area contributed by atoms with Crippen molar-refractivity contribution in [2.45, 2.75) is 24.9 Å². The standard InChI is InChI=1S/C12H22N4O6S2/c13-7(11(21)15-5-9(17)18)1-3-23-24-4-2-8(14)12(22)16-6-10(19)20/h7-8H,1-6,13-14H2,(H,15,21)(H,16,22)(H,17,18)(H,19,20)/t7-,8-/m0/s1. The first-order valence-corrected chi connectivity index (χ1v) is 9.47. The topological polar surface area (TPSA) is 185 Å². The first-order chi connectivity index (χ1) is 11.2. The second kappa shape index (κ2) is 12.9. The van der Waals surface area contributed by atoms with Gasteiger partial charge in [-0.3, -0.25) is 19.2 Å². The molecule has 10 nitrogen and oxygen atoms in total. The number of amides is 2. The lowest BCUT2D eigenvalue weighted by Crippen LogP contribution is -2.43. The van der Waals surface area contributed by atoms with E-state index in [0.717, 1.165) is 0 Å². The van der Waals surface area contributed by atoms with Gasteiger partial charge in [-0.05, 0) is 12.8 Å². The Hall–Kier alpha value is -1.50. The number of hydrogen-bond donors (Lipinski definition) is 6. The fourth-order valence-electron chi connectivity index (χ4n) is 1.32. The molecule has 0 aliphatic rings. The maximum atomic E-state index is 11.4. The lowest BCUT2D eigenvalue weighted by molar-refractivity contribution is -0.138. The van der Waals surface area contributed by atoms with E-state index in [1.807, 2.05) is 0 Å². The third-order valence-electron chi connectivity index (χ3n) is 2.61. The minimum Gasteiger partial charge on any atom is -0.480 e. The summed E-state index contributed by atoms with van der Waals surface area (Å²) in [4.78, 5) is 43.5. The molecular weight excluding hydrogens is 360 g/mol. The molecule has 0 spiro atoms. The summed E-state index contributed by atoms with van der Waals surface area (Å²) >= 11 is 0. The molecule has 0 aromatic rings. The summed E-state index contributed by atoms with van der Waals surface area (Å²) in [6, 6.07) is -1.55. The molecule has 0 aliphatic heterocycles. The van der Waals surface area contributed by atoms with Crippen molar-refractivity contribution >= 4 is 45.3 Å². The summed E-state index contributed by atoms with van der Waals surface area (Å²) in [5, 5.41) is 21.3. The van der Waals surface area contributed by atoms with Crippen molar-refractivity contribution in [2.75, 3.05) is 24.6 Å². The molecule has 12 heteroatoms. The van der Waals surface area contributed by atoms with Crippen molar-refractivity contribution in [3.63, 3.8) is 0 Å². The number of nitrogens with two attached hydrogens (primary N) is 2. The lowest BCUT2D eigenvalue weighted by atomic mass is 10.2. The first kappa shape index (κ1) is 22.5. The molecule has 8 N–H and O–H groups in total. The normalized spacial score (nSPS) is 12.9. The largest absolute Gasteiger partial charge is 0.480 e. The zero-order valence-electron chi connectivity index (χ0n) is 12.9. The average molecular weight is 382 g/mol. The van der Waals surface area contributed by atoms with Crippen LogP contribution in [-0.4, -0.2) is 70.6 Å². The van der Waals surface area contributed by atoms with Gasteiger partial charge in [0.1, 0.15) is 13.1 Å². The van der Waals surface area contributed by atoms with Gasteiger partial charge >= 0.3 is 11.9 Å². The number of carboxylic acids is 2. The van der Waals surface area contributed by atoms with Gasteiger partial charge in [-0.1, -0.05) is 21.6 Å². The van der Waals surface area contributed by atoms with E-state index < -0.39 is 48.9 Å². The van der Waals surface area contributed by atoms with E-state index in [-0.39, 0.29) is 0 Å². The molecule has 0 aliphatic carbocycles. The Labute approximate surface area is 146 Å². The summed E-state index contributed by atoms with van der Waals surface area (Å²) in [6.07, 6.45) is 0.766. The quantitative estimate of drug-likeness (QED) is 0.157. The molecule has 0 saturated carbocycles. The molecule has 0 bridgehead atoms. The number of hydrogen-bond acceptors (Lipinski definition) is 8. The lowest BCUT2D eigenvalue weighted by Gasteiger charge is -2.12. The molecule has 138 valence electrons. The second-order valence-electron chi connectivity index (χ2n) is 4.66. The van der Waals surface area contributed by atoms with Gasteiger partial charge in [0.05, 0.1) is 12.1 Å². The van der Waals surface area contributed by atoms with Crippen LogP contribution in [0.3, 0.4) is 0 Å². The van der Waals surface area contributed by atoms with E-state index >= 15 is 0 Å². The van der Waals surface area contributed by atoms with Gasteiger partial charge in [0.25, 0.3) is 0 Å². The van der Waals surface area contributed by atoms with E-state index in [2.05, 4.69) is 10.6 Å². The predicted octanol–water partition coefficient (Wildman–Crippen LogP) is -1.80. The van der Waals surface area contributed by atoms with Crippen molar-refractivity contribution in [1.82, 2.24) is 10.6 Å². The van der Waals surface area contributed by atoms with E-state index in [0.29, 0.717) is 24.3 Å². The molecule has 2 atom stereocenters. The molecular formula is C12H22N4O6S2. The Bertz CT molecular complexity index is 411. The molecule has 0 radical (unpaired) electrons. The highest BCUT2D eigenvalue weighted by Crippen LogP contribution is 2.23. The maximum Gasteiger partial charge on any atom is 0.322 e. The van der Waals surface area contributed by atoms with Crippen LogP contribution in [0.25, 0.3) is 0 Å². The number of carboxylic acid groups (broad SMARTS) is 2. The van der Waals surface area contributed by atoms with Crippen LogP contribution in [0.4, 0.5) is 0 Å². The molecule has 0 rings (SSSR count). The molecule has 0 aromatic heterocycles. The van der Waals surface area contributed by atoms with E-state index in [9.17, 15) is 19.2 Å². The second-order valence-corrected chi connectivity index (χ2v) is 7.36. The fraction of sp³-hybridized carbons (Fsp3) is 0.667. The van der Waals surface area contributed by atoms with Crippen LogP contribution < -0.4 is 22.1 Å². The maximum absolute atomic E-state index is 11.4. The zero-order chi connectivity index (χ0) is 18.5. The molecule has 0 heterocycles. The van der Waals surface area contributed by atoms with Gasteiger partial charge in [0.2, 0.25) is 11.8 Å². The molecule has 0 aromatic carbocycles. The van der Waals surface area contributed by atoms with Gasteiger partial charge in [-0.15, -0.1) is 0 Å². The van der Waals surface area contributed by atoms with Gasteiger partial charge in [0.15, 0.2) is 0 Å². The van der Waals surface area contributed by atoms with Crippen LogP contribution in [0, 0.1) is 0 Å². The highest BCUT2D eigenvalue weighted by atomic mass is 33.1. The number of carbonyl (C=O) groups is 4. The Kier molecular flexibility index (Phi) is 12.1. The Morgan fingerprint density at radius 1 is 0.792 bits per heavy atom. The van der Waals surface area contributed by atoms with E-state index in [1.54, 1.807) is 0 Å². The molecule has 24 heavy (non-hydrogen) atoms. The summed E-state index contributed by atoms with van der Waals surface area (Å²) in [6.45, 7) is -0.924. The fourth-order valence-corrected chi connectivity index (χ4v) is 3.54. The minimum atomic E-state index is -1.13. The molecule has 2 amide bonds. The van der Waals surface area contributed by atoms with Crippen LogP contribution >= 0.6 is 21.6 Å². The highest BCUT2D eigenvalue weighted by molar-refractivity contribution is 8.76. The SMILES string of the molecule is N[C@@H](CCSSCC[C@H](N)C(=O)NCC(=O)O)C(=O)NCC(=O)O. The third-order valence-corrected chi connectivity index (χ3v) is 5.08. The minimum absolute atomic E-state index is 0.383. The van der Waals surface area contributed by atoms with Crippen molar-refractivity contribution in [3.8, 4) is 0 Å². The summed E-state index contributed by atoms with van der Waals surface area (Å²) < 4.78 is 0. The number of nitrogens with one attached hydrogen (secondary N) is 2. The monoisotopic (exact) mass is 382 g/mol. The molecule has 0 fully saturated rings.